The summed E-state index contributed by atoms with van der Waals surface area (Å²) in [5, 5.41) is 4.84. The van der Waals surface area contributed by atoms with Crippen LogP contribution >= 0.6 is 0 Å². The van der Waals surface area contributed by atoms with E-state index < -0.39 is 0 Å². The summed E-state index contributed by atoms with van der Waals surface area (Å²) in [4.78, 5) is 12.2. The number of ether oxygens (including phenoxy) is 1. The summed E-state index contributed by atoms with van der Waals surface area (Å²) in [5.74, 6) is -0.361. The van der Waals surface area contributed by atoms with E-state index in [2.05, 4.69) is 24.3 Å². The van der Waals surface area contributed by atoms with E-state index in [1.54, 1.807) is 13.0 Å². The predicted octanol–water partition coefficient (Wildman–Crippen LogP) is 4.66. The molecule has 5 nitrogen and oxygen atoms in total. The van der Waals surface area contributed by atoms with Crippen molar-refractivity contribution >= 4 is 17.2 Å². The second-order valence-corrected chi connectivity index (χ2v) is 7.09. The summed E-state index contributed by atoms with van der Waals surface area (Å²) >= 11 is 0. The van der Waals surface area contributed by atoms with Gasteiger partial charge in [-0.05, 0) is 49.2 Å². The molecular formula is C24H23N3O2. The van der Waals surface area contributed by atoms with E-state index in [4.69, 9.17) is 15.6 Å². The van der Waals surface area contributed by atoms with Crippen LogP contribution in [-0.4, -0.2) is 22.2 Å². The molecule has 0 atom stereocenters. The van der Waals surface area contributed by atoms with E-state index in [0.717, 1.165) is 33.5 Å². The lowest BCUT2D eigenvalue weighted by Crippen LogP contribution is -2.06. The summed E-state index contributed by atoms with van der Waals surface area (Å²) in [6.45, 7) is 4.17. The number of benzene rings is 2. The average molecular weight is 385 g/mol. The first kappa shape index (κ1) is 18.7. The molecule has 2 N–H and O–H groups in total. The van der Waals surface area contributed by atoms with Crippen LogP contribution in [-0.2, 0) is 11.2 Å². The van der Waals surface area contributed by atoms with Crippen molar-refractivity contribution in [3.05, 3.63) is 89.1 Å². The topological polar surface area (TPSA) is 69.6 Å². The van der Waals surface area contributed by atoms with Gasteiger partial charge in [-0.2, -0.15) is 5.10 Å². The first-order valence-corrected chi connectivity index (χ1v) is 9.65. The fraction of sp³-hybridized carbons (Fsp3) is 0.167. The Kier molecular flexibility index (Phi) is 5.04. The second-order valence-electron chi connectivity index (χ2n) is 7.09. The molecule has 29 heavy (non-hydrogen) atoms. The third-order valence-electron chi connectivity index (χ3n) is 4.83. The van der Waals surface area contributed by atoms with Crippen molar-refractivity contribution in [2.45, 2.75) is 20.3 Å². The van der Waals surface area contributed by atoms with E-state index in [9.17, 15) is 4.79 Å². The molecule has 5 heteroatoms. The monoisotopic (exact) mass is 385 g/mol. The second kappa shape index (κ2) is 7.80. The average Bonchev–Trinajstić information content (AvgIpc) is 3.05. The van der Waals surface area contributed by atoms with Gasteiger partial charge in [0.25, 0.3) is 0 Å². The fourth-order valence-corrected chi connectivity index (χ4v) is 3.56. The Balaban J connectivity index is 1.83. The molecule has 146 valence electrons. The molecule has 0 bridgehead atoms. The summed E-state index contributed by atoms with van der Waals surface area (Å²) in [5.41, 5.74) is 13.3. The van der Waals surface area contributed by atoms with Crippen molar-refractivity contribution in [1.82, 2.24) is 9.61 Å². The number of anilines is 1. The molecule has 0 radical (unpaired) electrons. The number of nitrogen functional groups attached to an aromatic ring is 1. The molecule has 2 aromatic carbocycles. The van der Waals surface area contributed by atoms with Crippen molar-refractivity contribution in [1.29, 1.82) is 0 Å². The molecular weight excluding hydrogens is 362 g/mol. The number of esters is 1. The molecule has 4 aromatic rings. The highest BCUT2D eigenvalue weighted by Gasteiger charge is 2.17. The van der Waals surface area contributed by atoms with Crippen LogP contribution in [0.25, 0.3) is 16.8 Å². The van der Waals surface area contributed by atoms with Gasteiger partial charge in [-0.25, -0.2) is 9.31 Å². The van der Waals surface area contributed by atoms with Gasteiger partial charge in [0.15, 0.2) is 0 Å². The third kappa shape index (κ3) is 3.85. The van der Waals surface area contributed by atoms with Crippen LogP contribution in [0.1, 0.15) is 34.0 Å². The highest BCUT2D eigenvalue weighted by atomic mass is 16.5. The zero-order valence-electron chi connectivity index (χ0n) is 16.6. The van der Waals surface area contributed by atoms with Crippen molar-refractivity contribution in [3.8, 4) is 11.3 Å². The first-order valence-electron chi connectivity index (χ1n) is 9.65. The van der Waals surface area contributed by atoms with Crippen LogP contribution in [0.5, 0.6) is 0 Å². The van der Waals surface area contributed by atoms with Gasteiger partial charge in [-0.1, -0.05) is 36.4 Å². The van der Waals surface area contributed by atoms with E-state index in [0.29, 0.717) is 24.3 Å². The molecule has 2 aromatic heterocycles. The van der Waals surface area contributed by atoms with Crippen molar-refractivity contribution < 1.29 is 9.53 Å². The minimum atomic E-state index is -0.361. The molecule has 0 spiro atoms. The zero-order chi connectivity index (χ0) is 20.4. The number of nitrogens with zero attached hydrogens (tertiary/aromatic N) is 2. The minimum absolute atomic E-state index is 0.328. The van der Waals surface area contributed by atoms with Gasteiger partial charge in [0.2, 0.25) is 0 Å². The van der Waals surface area contributed by atoms with Gasteiger partial charge in [-0.3, -0.25) is 0 Å². The van der Waals surface area contributed by atoms with Gasteiger partial charge >= 0.3 is 5.97 Å². The standard InChI is InChI=1S/C24H23N3O2/c1-3-29-24(28)19-11-17(12-20(25)14-19)13-21-22-10-9-16(2)15-27(22)26-23(21)18-7-5-4-6-8-18/h4-12,14-15H,3,13,25H2,1-2H3. The van der Waals surface area contributed by atoms with Crippen molar-refractivity contribution in [3.63, 3.8) is 0 Å². The number of carbonyl (C=O) groups is 1. The highest BCUT2D eigenvalue weighted by Crippen LogP contribution is 2.29. The molecule has 0 fully saturated rings. The number of fused-ring (bicyclic) bond motifs is 1. The largest absolute Gasteiger partial charge is 0.462 e. The Morgan fingerprint density at radius 3 is 2.66 bits per heavy atom. The molecule has 0 amide bonds. The normalized spacial score (nSPS) is 11.0. The SMILES string of the molecule is CCOC(=O)c1cc(N)cc(Cc2c(-c3ccccc3)nn3cc(C)ccc23)c1. The lowest BCUT2D eigenvalue weighted by atomic mass is 9.98. The maximum Gasteiger partial charge on any atom is 0.338 e. The first-order chi connectivity index (χ1) is 14.0. The number of nitrogens with two attached hydrogens (primary N) is 1. The van der Waals surface area contributed by atoms with Gasteiger partial charge in [0.1, 0.15) is 0 Å². The maximum atomic E-state index is 12.2. The number of aromatic nitrogens is 2. The zero-order valence-corrected chi connectivity index (χ0v) is 16.6. The number of pyridine rings is 1. The Morgan fingerprint density at radius 2 is 1.90 bits per heavy atom. The molecule has 0 aliphatic heterocycles. The maximum absolute atomic E-state index is 12.2. The number of aryl methyl sites for hydroxylation is 1. The molecule has 4 rings (SSSR count). The van der Waals surface area contributed by atoms with E-state index in [-0.39, 0.29) is 5.97 Å². The van der Waals surface area contributed by atoms with E-state index in [1.807, 2.05) is 48.0 Å². The minimum Gasteiger partial charge on any atom is -0.462 e. The van der Waals surface area contributed by atoms with Gasteiger partial charge < -0.3 is 10.5 Å². The van der Waals surface area contributed by atoms with Crippen LogP contribution in [0.3, 0.4) is 0 Å². The van der Waals surface area contributed by atoms with Gasteiger partial charge in [0, 0.05) is 29.4 Å². The summed E-state index contributed by atoms with van der Waals surface area (Å²) in [6, 6.07) is 19.7. The summed E-state index contributed by atoms with van der Waals surface area (Å²) in [6.07, 6.45) is 2.63. The van der Waals surface area contributed by atoms with Gasteiger partial charge in [0.05, 0.1) is 23.4 Å². The predicted molar refractivity (Wildman–Crippen MR) is 115 cm³/mol. The fourth-order valence-electron chi connectivity index (χ4n) is 3.56. The van der Waals surface area contributed by atoms with Crippen LogP contribution in [0.15, 0.2) is 66.9 Å². The smallest absolute Gasteiger partial charge is 0.338 e. The van der Waals surface area contributed by atoms with Crippen molar-refractivity contribution in [2.24, 2.45) is 0 Å². The quantitative estimate of drug-likeness (QED) is 0.401. The summed E-state index contributed by atoms with van der Waals surface area (Å²) < 4.78 is 7.06. The molecule has 0 unspecified atom stereocenters. The Hall–Kier alpha value is -3.60. The lowest BCUT2D eigenvalue weighted by molar-refractivity contribution is 0.0526. The van der Waals surface area contributed by atoms with Gasteiger partial charge in [-0.15, -0.1) is 0 Å². The lowest BCUT2D eigenvalue weighted by Gasteiger charge is -2.08. The van der Waals surface area contributed by atoms with E-state index >= 15 is 0 Å². The number of hydrogen-bond acceptors (Lipinski definition) is 4. The third-order valence-corrected chi connectivity index (χ3v) is 4.83. The van der Waals surface area contributed by atoms with Crippen molar-refractivity contribution in [2.75, 3.05) is 12.3 Å². The van der Waals surface area contributed by atoms with Crippen LogP contribution < -0.4 is 5.73 Å². The van der Waals surface area contributed by atoms with Crippen LogP contribution in [0, 0.1) is 6.92 Å². The molecule has 0 saturated heterocycles. The molecule has 0 saturated carbocycles. The summed E-state index contributed by atoms with van der Waals surface area (Å²) in [7, 11) is 0. The highest BCUT2D eigenvalue weighted by molar-refractivity contribution is 5.90. The number of hydrogen-bond donors (Lipinski definition) is 1. The Morgan fingerprint density at radius 1 is 1.10 bits per heavy atom. The van der Waals surface area contributed by atoms with E-state index in [1.165, 1.54) is 0 Å². The number of rotatable bonds is 5. The van der Waals surface area contributed by atoms with Crippen LogP contribution in [0.2, 0.25) is 0 Å². The Labute approximate surface area is 169 Å². The molecule has 0 aliphatic rings. The number of carbonyl (C=O) groups excluding carboxylic acids is 1. The molecule has 2 heterocycles. The molecule has 0 aliphatic carbocycles. The Bertz CT molecular complexity index is 1180. The van der Waals surface area contributed by atoms with Crippen LogP contribution in [0.4, 0.5) is 5.69 Å².